The molecule has 0 unspecified atom stereocenters. The summed E-state index contributed by atoms with van der Waals surface area (Å²) in [6, 6.07) is 4.06. The van der Waals surface area contributed by atoms with Crippen molar-refractivity contribution in [1.29, 1.82) is 0 Å². The number of hydrogen-bond donors (Lipinski definition) is 0. The lowest BCUT2D eigenvalue weighted by atomic mass is 10.2. The van der Waals surface area contributed by atoms with E-state index in [1.807, 2.05) is 31.5 Å². The summed E-state index contributed by atoms with van der Waals surface area (Å²) < 4.78 is 9.54. The Labute approximate surface area is 123 Å². The number of nitrogens with zero attached hydrogens (tertiary/aromatic N) is 2. The van der Waals surface area contributed by atoms with Crippen LogP contribution < -0.4 is 4.74 Å². The number of ether oxygens (including phenoxy) is 1. The van der Waals surface area contributed by atoms with Gasteiger partial charge in [-0.15, -0.1) is 0 Å². The molecule has 1 aromatic carbocycles. The van der Waals surface area contributed by atoms with E-state index >= 15 is 0 Å². The maximum atomic E-state index is 5.58. The maximum Gasteiger partial charge on any atom is 0.147 e. The summed E-state index contributed by atoms with van der Waals surface area (Å²) in [7, 11) is 0. The van der Waals surface area contributed by atoms with E-state index in [0.29, 0.717) is 6.61 Å². The SMILES string of the molecule is CCOc1c(Br)cc(-c2nccn2CC)cc1Br. The smallest absolute Gasteiger partial charge is 0.147 e. The number of halogens is 2. The highest BCUT2D eigenvalue weighted by Crippen LogP contribution is 2.37. The summed E-state index contributed by atoms with van der Waals surface area (Å²) in [4.78, 5) is 4.40. The first kappa shape index (κ1) is 13.6. The van der Waals surface area contributed by atoms with Gasteiger partial charge in [-0.1, -0.05) is 0 Å². The summed E-state index contributed by atoms with van der Waals surface area (Å²) in [6.45, 7) is 5.61. The van der Waals surface area contributed by atoms with Crippen LogP contribution in [0.15, 0.2) is 33.5 Å². The molecule has 3 nitrogen and oxygen atoms in total. The van der Waals surface area contributed by atoms with Crippen LogP contribution in [-0.2, 0) is 6.54 Å². The second-order valence-corrected chi connectivity index (χ2v) is 5.45. The third-order valence-electron chi connectivity index (χ3n) is 2.60. The molecular weight excluding hydrogens is 360 g/mol. The normalized spacial score (nSPS) is 10.7. The van der Waals surface area contributed by atoms with Crippen molar-refractivity contribution in [2.24, 2.45) is 0 Å². The first-order valence-corrected chi connectivity index (χ1v) is 7.39. The zero-order valence-corrected chi connectivity index (χ0v) is 13.5. The van der Waals surface area contributed by atoms with Gasteiger partial charge in [-0.2, -0.15) is 0 Å². The van der Waals surface area contributed by atoms with Gasteiger partial charge < -0.3 is 9.30 Å². The monoisotopic (exact) mass is 372 g/mol. The number of hydrogen-bond acceptors (Lipinski definition) is 2. The second-order valence-electron chi connectivity index (χ2n) is 3.74. The molecule has 0 aliphatic carbocycles. The van der Waals surface area contributed by atoms with Gasteiger partial charge in [-0.25, -0.2) is 4.98 Å². The molecule has 0 saturated heterocycles. The van der Waals surface area contributed by atoms with Crippen molar-refractivity contribution in [2.45, 2.75) is 20.4 Å². The van der Waals surface area contributed by atoms with Crippen LogP contribution in [-0.4, -0.2) is 16.2 Å². The topological polar surface area (TPSA) is 27.1 Å². The third-order valence-corrected chi connectivity index (χ3v) is 3.78. The Balaban J connectivity index is 2.48. The molecule has 0 N–H and O–H groups in total. The summed E-state index contributed by atoms with van der Waals surface area (Å²) in [5, 5.41) is 0. The van der Waals surface area contributed by atoms with Crippen molar-refractivity contribution >= 4 is 31.9 Å². The molecule has 0 saturated carbocycles. The molecule has 1 heterocycles. The minimum absolute atomic E-state index is 0.639. The van der Waals surface area contributed by atoms with Crippen molar-refractivity contribution in [1.82, 2.24) is 9.55 Å². The molecule has 2 aromatic rings. The van der Waals surface area contributed by atoms with Gasteiger partial charge in [-0.3, -0.25) is 0 Å². The van der Waals surface area contributed by atoms with Crippen LogP contribution in [0.4, 0.5) is 0 Å². The lowest BCUT2D eigenvalue weighted by Crippen LogP contribution is -1.98. The Hall–Kier alpha value is -0.810. The molecule has 2 rings (SSSR count). The highest BCUT2D eigenvalue weighted by atomic mass is 79.9. The van der Waals surface area contributed by atoms with Crippen molar-refractivity contribution in [3.05, 3.63) is 33.5 Å². The highest BCUT2D eigenvalue weighted by molar-refractivity contribution is 9.11. The number of benzene rings is 1. The van der Waals surface area contributed by atoms with Gasteiger partial charge >= 0.3 is 0 Å². The molecule has 5 heteroatoms. The quantitative estimate of drug-likeness (QED) is 0.789. The minimum Gasteiger partial charge on any atom is -0.492 e. The van der Waals surface area contributed by atoms with Gasteiger partial charge in [-0.05, 0) is 57.8 Å². The molecule has 0 radical (unpaired) electrons. The lowest BCUT2D eigenvalue weighted by molar-refractivity contribution is 0.336. The van der Waals surface area contributed by atoms with Crippen molar-refractivity contribution in [2.75, 3.05) is 6.61 Å². The van der Waals surface area contributed by atoms with Crippen LogP contribution in [0, 0.1) is 0 Å². The van der Waals surface area contributed by atoms with E-state index in [-0.39, 0.29) is 0 Å². The van der Waals surface area contributed by atoms with E-state index in [0.717, 1.165) is 32.6 Å². The Bertz CT molecular complexity index is 529. The Morgan fingerprint density at radius 3 is 2.44 bits per heavy atom. The Kier molecular flexibility index (Phi) is 4.45. The molecule has 0 aliphatic rings. The maximum absolute atomic E-state index is 5.58. The van der Waals surface area contributed by atoms with E-state index in [1.54, 1.807) is 0 Å². The van der Waals surface area contributed by atoms with Crippen LogP contribution in [0.2, 0.25) is 0 Å². The van der Waals surface area contributed by atoms with Crippen LogP contribution in [0.1, 0.15) is 13.8 Å². The number of aromatic nitrogens is 2. The molecule has 0 amide bonds. The number of rotatable bonds is 4. The number of aryl methyl sites for hydroxylation is 1. The van der Waals surface area contributed by atoms with Crippen molar-refractivity contribution in [3.63, 3.8) is 0 Å². The van der Waals surface area contributed by atoms with Gasteiger partial charge in [0.1, 0.15) is 11.6 Å². The van der Waals surface area contributed by atoms with Gasteiger partial charge in [0.2, 0.25) is 0 Å². The van der Waals surface area contributed by atoms with E-state index in [4.69, 9.17) is 4.74 Å². The Morgan fingerprint density at radius 2 is 1.89 bits per heavy atom. The second kappa shape index (κ2) is 5.89. The standard InChI is InChI=1S/C13H14Br2N2O/c1-3-17-6-5-16-13(17)9-7-10(14)12(18-4-2)11(15)8-9/h5-8H,3-4H2,1-2H3. The molecule has 0 spiro atoms. The summed E-state index contributed by atoms with van der Waals surface area (Å²) in [6.07, 6.45) is 3.80. The highest BCUT2D eigenvalue weighted by Gasteiger charge is 2.12. The largest absolute Gasteiger partial charge is 0.492 e. The fourth-order valence-corrected chi connectivity index (χ4v) is 3.21. The average molecular weight is 374 g/mol. The predicted octanol–water partition coefficient (Wildman–Crippen LogP) is 4.49. The minimum atomic E-state index is 0.639. The van der Waals surface area contributed by atoms with E-state index in [1.165, 1.54) is 0 Å². The van der Waals surface area contributed by atoms with Crippen LogP contribution in [0.5, 0.6) is 5.75 Å². The molecule has 0 fully saturated rings. The lowest BCUT2D eigenvalue weighted by Gasteiger charge is -2.11. The van der Waals surface area contributed by atoms with Gasteiger partial charge in [0.25, 0.3) is 0 Å². The van der Waals surface area contributed by atoms with E-state index in [9.17, 15) is 0 Å². The van der Waals surface area contributed by atoms with Crippen molar-refractivity contribution < 1.29 is 4.74 Å². The fraction of sp³-hybridized carbons (Fsp3) is 0.308. The van der Waals surface area contributed by atoms with E-state index < -0.39 is 0 Å². The zero-order chi connectivity index (χ0) is 13.1. The van der Waals surface area contributed by atoms with Crippen LogP contribution in [0.3, 0.4) is 0 Å². The van der Waals surface area contributed by atoms with Crippen LogP contribution >= 0.6 is 31.9 Å². The van der Waals surface area contributed by atoms with Gasteiger partial charge in [0, 0.05) is 24.5 Å². The molecule has 96 valence electrons. The molecule has 18 heavy (non-hydrogen) atoms. The molecule has 0 aliphatic heterocycles. The number of imidazole rings is 1. The van der Waals surface area contributed by atoms with Gasteiger partial charge in [0.15, 0.2) is 0 Å². The molecular formula is C13H14Br2N2O. The molecule has 0 bridgehead atoms. The van der Waals surface area contributed by atoms with Crippen LogP contribution in [0.25, 0.3) is 11.4 Å². The fourth-order valence-electron chi connectivity index (χ4n) is 1.80. The summed E-state index contributed by atoms with van der Waals surface area (Å²) in [5.74, 6) is 1.79. The molecule has 0 atom stereocenters. The predicted molar refractivity (Wildman–Crippen MR) is 79.9 cm³/mol. The Morgan fingerprint density at radius 1 is 1.22 bits per heavy atom. The molecule has 1 aromatic heterocycles. The first-order chi connectivity index (χ1) is 8.67. The first-order valence-electron chi connectivity index (χ1n) is 5.80. The van der Waals surface area contributed by atoms with Crippen molar-refractivity contribution in [3.8, 4) is 17.1 Å². The third kappa shape index (κ3) is 2.62. The zero-order valence-electron chi connectivity index (χ0n) is 10.3. The van der Waals surface area contributed by atoms with Gasteiger partial charge in [0.05, 0.1) is 15.6 Å². The average Bonchev–Trinajstić information content (AvgIpc) is 2.81. The summed E-state index contributed by atoms with van der Waals surface area (Å²) >= 11 is 7.08. The van der Waals surface area contributed by atoms with E-state index in [2.05, 4.69) is 48.3 Å². The summed E-state index contributed by atoms with van der Waals surface area (Å²) in [5.41, 5.74) is 1.06.